The number of benzene rings is 1. The third kappa shape index (κ3) is 3.58. The molecule has 0 aliphatic rings. The van der Waals surface area contributed by atoms with E-state index >= 15 is 0 Å². The number of aliphatic hydroxyl groups excluding tert-OH is 1. The van der Waals surface area contributed by atoms with Crippen LogP contribution in [-0.4, -0.2) is 37.4 Å². The molecule has 0 radical (unpaired) electrons. The van der Waals surface area contributed by atoms with Crippen molar-refractivity contribution in [2.75, 3.05) is 6.61 Å². The number of H-pyrrole nitrogens is 1. The number of pyridine rings is 1. The first-order valence-electron chi connectivity index (χ1n) is 8.64. The molecule has 3 heterocycles. The molecule has 3 aromatic heterocycles. The number of hydrogen-bond acceptors (Lipinski definition) is 4. The number of aromatic nitrogens is 4. The SMILES string of the molecule is O=C(NC(CO)c1cccnc1)c1cc(Cn2ccc3ccccc32)[nH]n1. The highest BCUT2D eigenvalue weighted by atomic mass is 16.3. The number of aromatic amines is 1. The number of hydrogen-bond donors (Lipinski definition) is 3. The Kier molecular flexibility index (Phi) is 4.67. The van der Waals surface area contributed by atoms with Crippen LogP contribution in [0.25, 0.3) is 10.9 Å². The first-order chi connectivity index (χ1) is 13.2. The topological polar surface area (TPSA) is 95.8 Å². The van der Waals surface area contributed by atoms with Gasteiger partial charge in [-0.2, -0.15) is 5.10 Å². The van der Waals surface area contributed by atoms with Crippen molar-refractivity contribution in [1.82, 2.24) is 25.1 Å². The first-order valence-corrected chi connectivity index (χ1v) is 8.64. The maximum atomic E-state index is 12.5. The molecule has 0 spiro atoms. The molecule has 7 heteroatoms. The molecule has 0 saturated heterocycles. The van der Waals surface area contributed by atoms with Crippen molar-refractivity contribution < 1.29 is 9.90 Å². The number of rotatable bonds is 6. The summed E-state index contributed by atoms with van der Waals surface area (Å²) in [4.78, 5) is 16.5. The molecule has 1 amide bonds. The van der Waals surface area contributed by atoms with Gasteiger partial charge in [0.25, 0.3) is 5.91 Å². The van der Waals surface area contributed by atoms with Gasteiger partial charge in [0, 0.05) is 24.1 Å². The van der Waals surface area contributed by atoms with Crippen molar-refractivity contribution in [3.63, 3.8) is 0 Å². The summed E-state index contributed by atoms with van der Waals surface area (Å²) in [5.74, 6) is -0.349. The van der Waals surface area contributed by atoms with E-state index in [4.69, 9.17) is 0 Å². The van der Waals surface area contributed by atoms with Gasteiger partial charge < -0.3 is 15.0 Å². The Morgan fingerprint density at radius 1 is 1.22 bits per heavy atom. The third-order valence-electron chi connectivity index (χ3n) is 4.46. The van der Waals surface area contributed by atoms with E-state index in [2.05, 4.69) is 43.3 Å². The Labute approximate surface area is 155 Å². The highest BCUT2D eigenvalue weighted by Crippen LogP contribution is 2.17. The van der Waals surface area contributed by atoms with Crippen LogP contribution < -0.4 is 5.32 Å². The third-order valence-corrected chi connectivity index (χ3v) is 4.46. The van der Waals surface area contributed by atoms with Gasteiger partial charge >= 0.3 is 0 Å². The van der Waals surface area contributed by atoms with E-state index in [1.165, 1.54) is 0 Å². The van der Waals surface area contributed by atoms with E-state index in [0.717, 1.165) is 22.2 Å². The molecule has 0 aliphatic heterocycles. The van der Waals surface area contributed by atoms with Crippen molar-refractivity contribution in [2.24, 2.45) is 0 Å². The van der Waals surface area contributed by atoms with Gasteiger partial charge in [0.1, 0.15) is 5.69 Å². The number of carbonyl (C=O) groups excluding carboxylic acids is 1. The molecule has 1 atom stereocenters. The highest BCUT2D eigenvalue weighted by Gasteiger charge is 2.17. The van der Waals surface area contributed by atoms with E-state index in [0.29, 0.717) is 6.54 Å². The molecule has 136 valence electrons. The number of aliphatic hydroxyl groups is 1. The fraction of sp³-hybridized carbons (Fsp3) is 0.150. The van der Waals surface area contributed by atoms with E-state index < -0.39 is 6.04 Å². The molecule has 7 nitrogen and oxygen atoms in total. The molecule has 1 unspecified atom stereocenters. The summed E-state index contributed by atoms with van der Waals surface area (Å²) in [6, 6.07) is 14.9. The lowest BCUT2D eigenvalue weighted by molar-refractivity contribution is 0.0911. The molecule has 0 aliphatic carbocycles. The zero-order valence-corrected chi connectivity index (χ0v) is 14.5. The van der Waals surface area contributed by atoms with Crippen LogP contribution in [-0.2, 0) is 6.54 Å². The molecular formula is C20H19N5O2. The average molecular weight is 361 g/mol. The fourth-order valence-corrected chi connectivity index (χ4v) is 3.07. The highest BCUT2D eigenvalue weighted by molar-refractivity contribution is 5.92. The van der Waals surface area contributed by atoms with E-state index in [-0.39, 0.29) is 18.2 Å². The minimum Gasteiger partial charge on any atom is -0.394 e. The predicted octanol–water partition coefficient (Wildman–Crippen LogP) is 2.27. The lowest BCUT2D eigenvalue weighted by Gasteiger charge is -2.15. The van der Waals surface area contributed by atoms with Crippen LogP contribution in [0.3, 0.4) is 0 Å². The van der Waals surface area contributed by atoms with E-state index in [9.17, 15) is 9.90 Å². The molecule has 4 rings (SSSR count). The van der Waals surface area contributed by atoms with Gasteiger partial charge in [-0.1, -0.05) is 24.3 Å². The minimum atomic E-state index is -0.528. The molecule has 0 bridgehead atoms. The lowest BCUT2D eigenvalue weighted by atomic mass is 10.1. The van der Waals surface area contributed by atoms with Crippen LogP contribution in [0.2, 0.25) is 0 Å². The van der Waals surface area contributed by atoms with Crippen molar-refractivity contribution in [3.8, 4) is 0 Å². The van der Waals surface area contributed by atoms with Crippen LogP contribution in [0.1, 0.15) is 27.8 Å². The fourth-order valence-electron chi connectivity index (χ4n) is 3.07. The molecule has 1 aromatic carbocycles. The number of amides is 1. The summed E-state index contributed by atoms with van der Waals surface area (Å²) in [6.45, 7) is 0.365. The zero-order valence-electron chi connectivity index (χ0n) is 14.5. The molecule has 0 fully saturated rings. The number of para-hydroxylation sites is 1. The van der Waals surface area contributed by atoms with Gasteiger partial charge in [-0.05, 0) is 35.2 Å². The maximum Gasteiger partial charge on any atom is 0.272 e. The molecule has 27 heavy (non-hydrogen) atoms. The summed E-state index contributed by atoms with van der Waals surface area (Å²) in [6.07, 6.45) is 5.27. The quantitative estimate of drug-likeness (QED) is 0.491. The Morgan fingerprint density at radius 3 is 2.93 bits per heavy atom. The maximum absolute atomic E-state index is 12.5. The second-order valence-corrected chi connectivity index (χ2v) is 6.28. The molecule has 0 saturated carbocycles. The second-order valence-electron chi connectivity index (χ2n) is 6.28. The minimum absolute atomic E-state index is 0.218. The summed E-state index contributed by atoms with van der Waals surface area (Å²) in [7, 11) is 0. The molecule has 4 aromatic rings. The van der Waals surface area contributed by atoms with Crippen LogP contribution in [0.5, 0.6) is 0 Å². The molecule has 3 N–H and O–H groups in total. The zero-order chi connectivity index (χ0) is 18.6. The number of fused-ring (bicyclic) bond motifs is 1. The normalized spacial score (nSPS) is 12.2. The van der Waals surface area contributed by atoms with Gasteiger partial charge in [-0.3, -0.25) is 14.9 Å². The van der Waals surface area contributed by atoms with Crippen LogP contribution in [0, 0.1) is 0 Å². The van der Waals surface area contributed by atoms with Crippen molar-refractivity contribution in [1.29, 1.82) is 0 Å². The van der Waals surface area contributed by atoms with Crippen molar-refractivity contribution in [3.05, 3.63) is 84.1 Å². The average Bonchev–Trinajstić information content (AvgIpc) is 3.35. The Morgan fingerprint density at radius 2 is 2.11 bits per heavy atom. The molecular weight excluding hydrogens is 342 g/mol. The Balaban J connectivity index is 1.48. The van der Waals surface area contributed by atoms with Crippen LogP contribution >= 0.6 is 0 Å². The van der Waals surface area contributed by atoms with Gasteiger partial charge in [0.2, 0.25) is 0 Å². The van der Waals surface area contributed by atoms with Crippen molar-refractivity contribution >= 4 is 16.8 Å². The summed E-state index contributed by atoms with van der Waals surface area (Å²) < 4.78 is 2.09. The number of nitrogens with zero attached hydrogens (tertiary/aromatic N) is 3. The van der Waals surface area contributed by atoms with Gasteiger partial charge in [0.15, 0.2) is 0 Å². The van der Waals surface area contributed by atoms with Crippen LogP contribution in [0.4, 0.5) is 0 Å². The largest absolute Gasteiger partial charge is 0.394 e. The summed E-state index contributed by atoms with van der Waals surface area (Å²) in [5.41, 5.74) is 2.96. The monoisotopic (exact) mass is 361 g/mol. The number of nitrogens with one attached hydrogen (secondary N) is 2. The summed E-state index contributed by atoms with van der Waals surface area (Å²) in [5, 5.41) is 20.5. The van der Waals surface area contributed by atoms with Gasteiger partial charge in [-0.15, -0.1) is 0 Å². The van der Waals surface area contributed by atoms with E-state index in [1.54, 1.807) is 30.6 Å². The Hall–Kier alpha value is -3.45. The standard InChI is InChI=1S/C20H19N5O2/c26-13-18(15-5-3-8-21-11-15)22-20(27)17-10-16(23-24-17)12-25-9-7-14-4-1-2-6-19(14)25/h1-11,18,26H,12-13H2,(H,22,27)(H,23,24). The van der Waals surface area contributed by atoms with E-state index in [1.807, 2.05) is 18.3 Å². The van der Waals surface area contributed by atoms with Gasteiger partial charge in [-0.25, -0.2) is 0 Å². The smallest absolute Gasteiger partial charge is 0.272 e. The van der Waals surface area contributed by atoms with Crippen molar-refractivity contribution in [2.45, 2.75) is 12.6 Å². The lowest BCUT2D eigenvalue weighted by Crippen LogP contribution is -2.31. The summed E-state index contributed by atoms with van der Waals surface area (Å²) >= 11 is 0. The second kappa shape index (κ2) is 7.43. The number of carbonyl (C=O) groups is 1. The van der Waals surface area contributed by atoms with Crippen LogP contribution in [0.15, 0.2) is 67.1 Å². The predicted molar refractivity (Wildman–Crippen MR) is 101 cm³/mol. The van der Waals surface area contributed by atoms with Gasteiger partial charge in [0.05, 0.1) is 24.9 Å². The first kappa shape index (κ1) is 17.0. The Bertz CT molecular complexity index is 1050.